The molecule has 3 aromatic rings. The van der Waals surface area contributed by atoms with Crippen LogP contribution in [0.15, 0.2) is 42.7 Å². The third-order valence-corrected chi connectivity index (χ3v) is 7.40. The Morgan fingerprint density at radius 3 is 2.79 bits per heavy atom. The number of hydrogen-bond acceptors (Lipinski definition) is 7. The number of fused-ring (bicyclic) bond motifs is 1. The number of methoxy groups -OCH3 is 1. The van der Waals surface area contributed by atoms with Crippen molar-refractivity contribution in [3.05, 3.63) is 58.9 Å². The quantitative estimate of drug-likeness (QED) is 0.458. The first-order valence-electron chi connectivity index (χ1n) is 12.7. The summed E-state index contributed by atoms with van der Waals surface area (Å²) in [4.78, 5) is 31.6. The molecular formula is C27H28ClN5O5. The number of aromatic nitrogens is 3. The topological polar surface area (TPSA) is 108 Å². The van der Waals surface area contributed by atoms with Crippen molar-refractivity contribution in [3.8, 4) is 22.9 Å². The van der Waals surface area contributed by atoms with E-state index in [0.29, 0.717) is 55.0 Å². The van der Waals surface area contributed by atoms with Crippen molar-refractivity contribution < 1.29 is 23.8 Å². The van der Waals surface area contributed by atoms with E-state index >= 15 is 0 Å². The van der Waals surface area contributed by atoms with Crippen LogP contribution in [0.2, 0.25) is 5.02 Å². The zero-order valence-electron chi connectivity index (χ0n) is 20.9. The molecule has 4 heterocycles. The monoisotopic (exact) mass is 537 g/mol. The van der Waals surface area contributed by atoms with Crippen LogP contribution in [0.1, 0.15) is 47.6 Å². The molecule has 38 heavy (non-hydrogen) atoms. The van der Waals surface area contributed by atoms with E-state index in [4.69, 9.17) is 30.8 Å². The minimum Gasteiger partial charge on any atom is -0.488 e. The molecule has 1 N–H and O–H groups in total. The van der Waals surface area contributed by atoms with Gasteiger partial charge in [-0.3, -0.25) is 9.48 Å². The van der Waals surface area contributed by atoms with E-state index in [2.05, 4.69) is 10.4 Å². The SMILES string of the molecule is COc1nc(-c2cnn(C3CC3)c2)c(O[C@H]2CCN3C(=O)OC[C@@H]3C2)cc1C(=O)NCc1ccc(Cl)cc1. The molecule has 2 saturated heterocycles. The molecule has 11 heteroatoms. The number of ether oxygens (including phenoxy) is 3. The summed E-state index contributed by atoms with van der Waals surface area (Å²) in [6, 6.07) is 9.36. The number of pyridine rings is 1. The third-order valence-electron chi connectivity index (χ3n) is 7.15. The molecule has 0 radical (unpaired) electrons. The fraction of sp³-hybridized carbons (Fsp3) is 0.407. The van der Waals surface area contributed by atoms with Crippen molar-refractivity contribution in [1.82, 2.24) is 25.0 Å². The summed E-state index contributed by atoms with van der Waals surface area (Å²) >= 11 is 5.97. The van der Waals surface area contributed by atoms with Gasteiger partial charge in [0.15, 0.2) is 0 Å². The summed E-state index contributed by atoms with van der Waals surface area (Å²) in [6.45, 7) is 1.24. The number of halogens is 1. The molecule has 1 saturated carbocycles. The van der Waals surface area contributed by atoms with Crippen LogP contribution in [-0.4, -0.2) is 64.1 Å². The predicted octanol–water partition coefficient (Wildman–Crippen LogP) is 4.23. The molecule has 3 aliphatic rings. The van der Waals surface area contributed by atoms with Crippen LogP contribution >= 0.6 is 11.6 Å². The molecule has 2 atom stereocenters. The summed E-state index contributed by atoms with van der Waals surface area (Å²) in [6.07, 6.45) is 6.78. The van der Waals surface area contributed by atoms with Crippen LogP contribution in [0, 0.1) is 0 Å². The van der Waals surface area contributed by atoms with E-state index in [0.717, 1.165) is 24.0 Å². The van der Waals surface area contributed by atoms with Crippen LogP contribution in [0.3, 0.4) is 0 Å². The Morgan fingerprint density at radius 1 is 1.21 bits per heavy atom. The molecule has 2 amide bonds. The largest absolute Gasteiger partial charge is 0.488 e. The van der Waals surface area contributed by atoms with Gasteiger partial charge in [0.2, 0.25) is 5.88 Å². The van der Waals surface area contributed by atoms with Crippen molar-refractivity contribution in [1.29, 1.82) is 0 Å². The van der Waals surface area contributed by atoms with Gasteiger partial charge in [0, 0.05) is 48.8 Å². The average molecular weight is 538 g/mol. The highest BCUT2D eigenvalue weighted by atomic mass is 35.5. The molecule has 1 aliphatic carbocycles. The molecule has 3 fully saturated rings. The van der Waals surface area contributed by atoms with E-state index in [1.807, 2.05) is 23.0 Å². The highest BCUT2D eigenvalue weighted by Gasteiger charge is 2.39. The van der Waals surface area contributed by atoms with Crippen LogP contribution in [0.25, 0.3) is 11.3 Å². The number of hydrogen-bond donors (Lipinski definition) is 1. The normalized spacial score (nSPS) is 20.6. The third kappa shape index (κ3) is 5.00. The number of rotatable bonds is 8. The number of nitrogens with one attached hydrogen (secondary N) is 1. The lowest BCUT2D eigenvalue weighted by Crippen LogP contribution is -2.44. The van der Waals surface area contributed by atoms with Gasteiger partial charge in [0.05, 0.1) is 25.4 Å². The van der Waals surface area contributed by atoms with E-state index in [-0.39, 0.29) is 35.6 Å². The molecule has 2 aromatic heterocycles. The molecule has 0 unspecified atom stereocenters. The smallest absolute Gasteiger partial charge is 0.410 e. The Labute approximate surface area is 224 Å². The second kappa shape index (κ2) is 10.2. The minimum atomic E-state index is -0.334. The molecular weight excluding hydrogens is 510 g/mol. The van der Waals surface area contributed by atoms with Crippen molar-refractivity contribution in [2.75, 3.05) is 20.3 Å². The first kappa shape index (κ1) is 24.5. The zero-order chi connectivity index (χ0) is 26.2. The molecule has 2 aliphatic heterocycles. The first-order valence-corrected chi connectivity index (χ1v) is 13.1. The van der Waals surface area contributed by atoms with Crippen LogP contribution in [-0.2, 0) is 11.3 Å². The molecule has 198 valence electrons. The van der Waals surface area contributed by atoms with Gasteiger partial charge in [-0.05, 0) is 30.5 Å². The Bertz CT molecular complexity index is 1360. The lowest BCUT2D eigenvalue weighted by molar-refractivity contribution is 0.0913. The summed E-state index contributed by atoms with van der Waals surface area (Å²) in [7, 11) is 1.49. The summed E-state index contributed by atoms with van der Waals surface area (Å²) in [5.74, 6) is 0.338. The predicted molar refractivity (Wildman–Crippen MR) is 138 cm³/mol. The maximum atomic E-state index is 13.3. The van der Waals surface area contributed by atoms with Crippen molar-refractivity contribution in [2.24, 2.45) is 0 Å². The van der Waals surface area contributed by atoms with Gasteiger partial charge in [0.1, 0.15) is 29.7 Å². The number of carbonyl (C=O) groups is 2. The lowest BCUT2D eigenvalue weighted by Gasteiger charge is -2.32. The molecule has 6 rings (SSSR count). The number of benzene rings is 1. The maximum Gasteiger partial charge on any atom is 0.410 e. The Morgan fingerprint density at radius 2 is 2.03 bits per heavy atom. The summed E-state index contributed by atoms with van der Waals surface area (Å²) in [5.41, 5.74) is 2.53. The van der Waals surface area contributed by atoms with Gasteiger partial charge in [0.25, 0.3) is 5.91 Å². The molecule has 10 nitrogen and oxygen atoms in total. The van der Waals surface area contributed by atoms with Crippen molar-refractivity contribution in [2.45, 2.75) is 50.4 Å². The fourth-order valence-electron chi connectivity index (χ4n) is 4.92. The molecule has 0 spiro atoms. The molecule has 0 bridgehead atoms. The average Bonchev–Trinajstić information content (AvgIpc) is 3.55. The van der Waals surface area contributed by atoms with E-state index in [1.54, 1.807) is 29.3 Å². The number of piperidine rings is 1. The second-order valence-corrected chi connectivity index (χ2v) is 10.3. The van der Waals surface area contributed by atoms with Crippen molar-refractivity contribution >= 4 is 23.6 Å². The van der Waals surface area contributed by atoms with Gasteiger partial charge < -0.3 is 24.4 Å². The number of amides is 2. The Balaban J connectivity index is 1.29. The lowest BCUT2D eigenvalue weighted by atomic mass is 10.0. The van der Waals surface area contributed by atoms with Gasteiger partial charge in [-0.2, -0.15) is 5.10 Å². The first-order chi connectivity index (χ1) is 18.5. The number of cyclic esters (lactones) is 1. The number of nitrogens with zero attached hydrogens (tertiary/aromatic N) is 4. The van der Waals surface area contributed by atoms with Gasteiger partial charge >= 0.3 is 6.09 Å². The van der Waals surface area contributed by atoms with E-state index in [1.165, 1.54) is 7.11 Å². The van der Waals surface area contributed by atoms with Gasteiger partial charge in [-0.25, -0.2) is 9.78 Å². The second-order valence-electron chi connectivity index (χ2n) is 9.83. The van der Waals surface area contributed by atoms with Gasteiger partial charge in [-0.15, -0.1) is 0 Å². The highest BCUT2D eigenvalue weighted by Crippen LogP contribution is 2.39. The minimum absolute atomic E-state index is 0.0179. The van der Waals surface area contributed by atoms with E-state index < -0.39 is 0 Å². The Kier molecular flexibility index (Phi) is 6.57. The Hall–Kier alpha value is -3.79. The summed E-state index contributed by atoms with van der Waals surface area (Å²) in [5, 5.41) is 8.07. The molecule has 1 aromatic carbocycles. The zero-order valence-corrected chi connectivity index (χ0v) is 21.7. The fourth-order valence-corrected chi connectivity index (χ4v) is 5.05. The van der Waals surface area contributed by atoms with Gasteiger partial charge in [-0.1, -0.05) is 23.7 Å². The van der Waals surface area contributed by atoms with E-state index in [9.17, 15) is 9.59 Å². The number of carbonyl (C=O) groups excluding carboxylic acids is 2. The van der Waals surface area contributed by atoms with Crippen LogP contribution in [0.5, 0.6) is 11.6 Å². The highest BCUT2D eigenvalue weighted by molar-refractivity contribution is 6.30. The standard InChI is InChI=1S/C27H28ClN5O5/c1-36-26-22(25(34)29-12-16-2-4-18(28)5-3-16)11-23(24(31-26)17-13-30-33(14-17)19-6-7-19)38-21-8-9-32-20(10-21)15-37-27(32)35/h2-5,11,13-14,19-21H,6-10,12,15H2,1H3,(H,29,34)/t20-,21-/m0/s1. The maximum absolute atomic E-state index is 13.3. The van der Waals surface area contributed by atoms with Crippen LogP contribution in [0.4, 0.5) is 4.79 Å². The van der Waals surface area contributed by atoms with Crippen molar-refractivity contribution in [3.63, 3.8) is 0 Å². The van der Waals surface area contributed by atoms with Crippen LogP contribution < -0.4 is 14.8 Å². The summed E-state index contributed by atoms with van der Waals surface area (Å²) < 4.78 is 19.2.